The lowest BCUT2D eigenvalue weighted by atomic mass is 10.2. The van der Waals surface area contributed by atoms with Crippen LogP contribution in [0.15, 0.2) is 36.8 Å². The van der Waals surface area contributed by atoms with Gasteiger partial charge in [0.05, 0.1) is 25.2 Å². The van der Waals surface area contributed by atoms with Crippen LogP contribution in [0.1, 0.15) is 16.1 Å². The molecule has 22 heavy (non-hydrogen) atoms. The normalized spacial score (nSPS) is 10.5. The van der Waals surface area contributed by atoms with Crippen LogP contribution in [0.3, 0.4) is 0 Å². The number of benzene rings is 1. The van der Waals surface area contributed by atoms with Gasteiger partial charge in [-0.2, -0.15) is 0 Å². The third-order valence-corrected chi connectivity index (χ3v) is 3.41. The third kappa shape index (κ3) is 4.08. The first-order chi connectivity index (χ1) is 10.6. The Morgan fingerprint density at radius 1 is 1.32 bits per heavy atom. The zero-order valence-electron chi connectivity index (χ0n) is 13.2. The Labute approximate surface area is 130 Å². The minimum Gasteiger partial charge on any atom is -0.383 e. The van der Waals surface area contributed by atoms with Crippen molar-refractivity contribution < 1.29 is 9.53 Å². The molecule has 0 saturated carbocycles. The predicted molar refractivity (Wildman–Crippen MR) is 86.0 cm³/mol. The number of aromatic nitrogens is 2. The summed E-state index contributed by atoms with van der Waals surface area (Å²) in [7, 11) is 5.60. The van der Waals surface area contributed by atoms with Gasteiger partial charge in [-0.1, -0.05) is 0 Å². The standard InChI is InChI=1S/C16H22N4O2/c1-19(2)14-6-4-13(5-7-14)16(21)18-11-15-10-17-12-20(15)8-9-22-3/h4-7,10,12H,8-9,11H2,1-3H3,(H,18,21). The summed E-state index contributed by atoms with van der Waals surface area (Å²) in [4.78, 5) is 18.3. The summed E-state index contributed by atoms with van der Waals surface area (Å²) in [6.07, 6.45) is 3.50. The molecule has 1 N–H and O–H groups in total. The molecule has 0 aliphatic heterocycles. The Balaban J connectivity index is 1.93. The van der Waals surface area contributed by atoms with Crippen LogP contribution >= 0.6 is 0 Å². The van der Waals surface area contributed by atoms with Crippen molar-refractivity contribution in [2.75, 3.05) is 32.7 Å². The number of amides is 1. The number of imidazole rings is 1. The van der Waals surface area contributed by atoms with Crippen molar-refractivity contribution in [1.82, 2.24) is 14.9 Å². The maximum absolute atomic E-state index is 12.2. The number of hydrogen-bond acceptors (Lipinski definition) is 4. The van der Waals surface area contributed by atoms with Gasteiger partial charge in [-0.3, -0.25) is 4.79 Å². The Bertz CT molecular complexity index is 605. The highest BCUT2D eigenvalue weighted by molar-refractivity contribution is 5.94. The van der Waals surface area contributed by atoms with Crippen molar-refractivity contribution in [1.29, 1.82) is 0 Å². The molecule has 1 aromatic heterocycles. The second kappa shape index (κ2) is 7.61. The number of ether oxygens (including phenoxy) is 1. The maximum Gasteiger partial charge on any atom is 0.251 e. The lowest BCUT2D eigenvalue weighted by Crippen LogP contribution is -2.24. The largest absolute Gasteiger partial charge is 0.383 e. The van der Waals surface area contributed by atoms with Crippen LogP contribution in [0.2, 0.25) is 0 Å². The second-order valence-electron chi connectivity index (χ2n) is 5.20. The average molecular weight is 302 g/mol. The van der Waals surface area contributed by atoms with Crippen molar-refractivity contribution in [3.05, 3.63) is 48.0 Å². The van der Waals surface area contributed by atoms with E-state index in [1.54, 1.807) is 19.6 Å². The molecule has 0 bridgehead atoms. The van der Waals surface area contributed by atoms with Crippen molar-refractivity contribution in [3.8, 4) is 0 Å². The molecule has 0 atom stereocenters. The topological polar surface area (TPSA) is 59.4 Å². The molecule has 0 fully saturated rings. The Morgan fingerprint density at radius 2 is 2.05 bits per heavy atom. The molecule has 0 aliphatic carbocycles. The van der Waals surface area contributed by atoms with E-state index in [2.05, 4.69) is 10.3 Å². The fraction of sp³-hybridized carbons (Fsp3) is 0.375. The van der Waals surface area contributed by atoms with E-state index in [4.69, 9.17) is 4.74 Å². The van der Waals surface area contributed by atoms with Crippen LogP contribution in [0.5, 0.6) is 0 Å². The summed E-state index contributed by atoms with van der Waals surface area (Å²) in [5.41, 5.74) is 2.66. The molecule has 0 radical (unpaired) electrons. The highest BCUT2D eigenvalue weighted by Gasteiger charge is 2.08. The first kappa shape index (κ1) is 16.0. The number of methoxy groups -OCH3 is 1. The van der Waals surface area contributed by atoms with Gasteiger partial charge in [0, 0.05) is 45.2 Å². The van der Waals surface area contributed by atoms with E-state index >= 15 is 0 Å². The molecule has 2 rings (SSSR count). The molecule has 2 aromatic rings. The lowest BCUT2D eigenvalue weighted by molar-refractivity contribution is 0.0950. The van der Waals surface area contributed by atoms with E-state index in [1.807, 2.05) is 47.8 Å². The molecular weight excluding hydrogens is 280 g/mol. The Hall–Kier alpha value is -2.34. The Morgan fingerprint density at radius 3 is 2.68 bits per heavy atom. The highest BCUT2D eigenvalue weighted by atomic mass is 16.5. The van der Waals surface area contributed by atoms with Gasteiger partial charge in [0.15, 0.2) is 0 Å². The van der Waals surface area contributed by atoms with Gasteiger partial charge in [-0.25, -0.2) is 4.98 Å². The number of nitrogens with zero attached hydrogens (tertiary/aromatic N) is 3. The fourth-order valence-electron chi connectivity index (χ4n) is 2.07. The smallest absolute Gasteiger partial charge is 0.251 e. The van der Waals surface area contributed by atoms with E-state index in [0.717, 1.165) is 17.9 Å². The predicted octanol–water partition coefficient (Wildman–Crippen LogP) is 1.53. The van der Waals surface area contributed by atoms with Gasteiger partial charge in [0.1, 0.15) is 0 Å². The van der Waals surface area contributed by atoms with Crippen LogP contribution in [-0.4, -0.2) is 43.3 Å². The zero-order chi connectivity index (χ0) is 15.9. The van der Waals surface area contributed by atoms with Crippen molar-refractivity contribution in [2.24, 2.45) is 0 Å². The van der Waals surface area contributed by atoms with Crippen LogP contribution in [0, 0.1) is 0 Å². The number of carbonyl (C=O) groups excluding carboxylic acids is 1. The third-order valence-electron chi connectivity index (χ3n) is 3.41. The molecule has 118 valence electrons. The number of anilines is 1. The first-order valence-corrected chi connectivity index (χ1v) is 7.15. The quantitative estimate of drug-likeness (QED) is 0.842. The van der Waals surface area contributed by atoms with Crippen molar-refractivity contribution >= 4 is 11.6 Å². The van der Waals surface area contributed by atoms with Gasteiger partial charge >= 0.3 is 0 Å². The minimum absolute atomic E-state index is 0.0928. The van der Waals surface area contributed by atoms with Crippen molar-refractivity contribution in [2.45, 2.75) is 13.1 Å². The van der Waals surface area contributed by atoms with E-state index < -0.39 is 0 Å². The fourth-order valence-corrected chi connectivity index (χ4v) is 2.07. The Kier molecular flexibility index (Phi) is 5.55. The molecule has 0 spiro atoms. The molecule has 0 saturated heterocycles. The minimum atomic E-state index is -0.0928. The maximum atomic E-state index is 12.2. The molecule has 1 heterocycles. The summed E-state index contributed by atoms with van der Waals surface area (Å²) in [6, 6.07) is 7.51. The van der Waals surface area contributed by atoms with Crippen LogP contribution in [0.25, 0.3) is 0 Å². The van der Waals surface area contributed by atoms with Gasteiger partial charge in [0.2, 0.25) is 0 Å². The summed E-state index contributed by atoms with van der Waals surface area (Å²) in [5.74, 6) is -0.0928. The SMILES string of the molecule is COCCn1cncc1CNC(=O)c1ccc(N(C)C)cc1. The van der Waals surface area contributed by atoms with E-state index in [-0.39, 0.29) is 5.91 Å². The summed E-state index contributed by atoms with van der Waals surface area (Å²) >= 11 is 0. The van der Waals surface area contributed by atoms with Gasteiger partial charge < -0.3 is 19.5 Å². The lowest BCUT2D eigenvalue weighted by Gasteiger charge is -2.13. The van der Waals surface area contributed by atoms with E-state index in [0.29, 0.717) is 18.7 Å². The van der Waals surface area contributed by atoms with E-state index in [1.165, 1.54) is 0 Å². The van der Waals surface area contributed by atoms with Gasteiger partial charge in [0.25, 0.3) is 5.91 Å². The van der Waals surface area contributed by atoms with Crippen molar-refractivity contribution in [3.63, 3.8) is 0 Å². The monoisotopic (exact) mass is 302 g/mol. The van der Waals surface area contributed by atoms with Gasteiger partial charge in [-0.05, 0) is 24.3 Å². The molecule has 1 amide bonds. The summed E-state index contributed by atoms with van der Waals surface area (Å²) in [6.45, 7) is 1.78. The van der Waals surface area contributed by atoms with Crippen LogP contribution < -0.4 is 10.2 Å². The summed E-state index contributed by atoms with van der Waals surface area (Å²) < 4.78 is 7.03. The number of carbonyl (C=O) groups is 1. The molecule has 0 aliphatic rings. The molecular formula is C16H22N4O2. The number of hydrogen-bond donors (Lipinski definition) is 1. The van der Waals surface area contributed by atoms with Crippen LogP contribution in [0.4, 0.5) is 5.69 Å². The summed E-state index contributed by atoms with van der Waals surface area (Å²) in [5, 5.41) is 2.91. The second-order valence-corrected chi connectivity index (χ2v) is 5.20. The average Bonchev–Trinajstić information content (AvgIpc) is 2.98. The number of rotatable bonds is 7. The van der Waals surface area contributed by atoms with E-state index in [9.17, 15) is 4.79 Å². The first-order valence-electron chi connectivity index (χ1n) is 7.15. The molecule has 6 nitrogen and oxygen atoms in total. The molecule has 1 aromatic carbocycles. The zero-order valence-corrected chi connectivity index (χ0v) is 13.2. The molecule has 0 unspecified atom stereocenters. The number of nitrogens with one attached hydrogen (secondary N) is 1. The highest BCUT2D eigenvalue weighted by Crippen LogP contribution is 2.12. The van der Waals surface area contributed by atoms with Crippen LogP contribution in [-0.2, 0) is 17.8 Å². The van der Waals surface area contributed by atoms with Gasteiger partial charge in [-0.15, -0.1) is 0 Å². The molecule has 6 heteroatoms.